The van der Waals surface area contributed by atoms with Crippen LogP contribution >= 0.6 is 0 Å². The van der Waals surface area contributed by atoms with Crippen LogP contribution in [-0.4, -0.2) is 39.4 Å². The molecular weight excluding hydrogens is 299 g/mol. The second-order valence-electron chi connectivity index (χ2n) is 4.55. The first kappa shape index (κ1) is 17.5. The lowest BCUT2D eigenvalue weighted by molar-refractivity contribution is -0.140. The van der Waals surface area contributed by atoms with Crippen LogP contribution in [0.1, 0.15) is 24.9 Å². The number of hydrogen-bond acceptors (Lipinski definition) is 4. The Bertz CT molecular complexity index is 592. The molecule has 0 aliphatic carbocycles. The van der Waals surface area contributed by atoms with E-state index in [9.17, 15) is 17.6 Å². The van der Waals surface area contributed by atoms with Crippen LogP contribution in [0, 0.1) is 5.82 Å². The molecule has 0 heterocycles. The van der Waals surface area contributed by atoms with Gasteiger partial charge >= 0.3 is 5.97 Å². The highest BCUT2D eigenvalue weighted by atomic mass is 32.2. The predicted octanol–water partition coefficient (Wildman–Crippen LogP) is 1.22. The summed E-state index contributed by atoms with van der Waals surface area (Å²) in [6.07, 6.45) is -0.0394. The Morgan fingerprint density at radius 3 is 2.71 bits per heavy atom. The fourth-order valence-electron chi connectivity index (χ4n) is 1.63. The van der Waals surface area contributed by atoms with Gasteiger partial charge in [0.2, 0.25) is 0 Å². The second-order valence-corrected chi connectivity index (χ2v) is 6.36. The predicted molar refractivity (Wildman–Crippen MR) is 76.1 cm³/mol. The Hall–Kier alpha value is -1.51. The van der Waals surface area contributed by atoms with Crippen LogP contribution in [-0.2, 0) is 19.7 Å². The number of halogens is 1. The van der Waals surface area contributed by atoms with Crippen molar-refractivity contribution in [3.63, 3.8) is 0 Å². The lowest BCUT2D eigenvalue weighted by Crippen LogP contribution is -2.40. The molecule has 0 aliphatic heterocycles. The molecular formula is C13H19FN2O4S. The van der Waals surface area contributed by atoms with E-state index < -0.39 is 28.0 Å². The topological polar surface area (TPSA) is 75.7 Å². The average molecular weight is 318 g/mol. The van der Waals surface area contributed by atoms with Gasteiger partial charge in [-0.2, -0.15) is 17.4 Å². The molecule has 0 spiro atoms. The summed E-state index contributed by atoms with van der Waals surface area (Å²) in [6.45, 7) is 1.61. The van der Waals surface area contributed by atoms with Gasteiger partial charge in [-0.05, 0) is 24.6 Å². The Morgan fingerprint density at radius 2 is 2.14 bits per heavy atom. The van der Waals surface area contributed by atoms with Gasteiger partial charge < -0.3 is 4.74 Å². The molecule has 0 saturated carbocycles. The smallest absolute Gasteiger partial charge is 0.306 e. The zero-order valence-corrected chi connectivity index (χ0v) is 13.0. The molecule has 1 rings (SSSR count). The molecule has 118 valence electrons. The molecule has 0 radical (unpaired) electrons. The number of nitrogens with zero attached hydrogens (tertiary/aromatic N) is 1. The van der Waals surface area contributed by atoms with Gasteiger partial charge in [0.05, 0.1) is 13.5 Å². The molecule has 0 amide bonds. The van der Waals surface area contributed by atoms with Gasteiger partial charge in [-0.15, -0.1) is 0 Å². The van der Waals surface area contributed by atoms with Crippen molar-refractivity contribution in [1.82, 2.24) is 9.03 Å². The first-order valence-electron chi connectivity index (χ1n) is 6.32. The molecule has 1 atom stereocenters. The normalized spacial score (nSPS) is 13.2. The third-order valence-corrected chi connectivity index (χ3v) is 4.60. The summed E-state index contributed by atoms with van der Waals surface area (Å²) in [5.41, 5.74) is 0.514. The first-order chi connectivity index (χ1) is 9.76. The maximum Gasteiger partial charge on any atom is 0.306 e. The van der Waals surface area contributed by atoms with Gasteiger partial charge in [-0.1, -0.05) is 12.1 Å². The molecule has 0 fully saturated rings. The third-order valence-electron chi connectivity index (χ3n) is 2.94. The van der Waals surface area contributed by atoms with Crippen molar-refractivity contribution in [3.8, 4) is 0 Å². The number of carbonyl (C=O) groups excluding carboxylic acids is 1. The Labute approximate surface area is 124 Å². The van der Waals surface area contributed by atoms with Crippen molar-refractivity contribution in [1.29, 1.82) is 0 Å². The van der Waals surface area contributed by atoms with Crippen LogP contribution in [0.25, 0.3) is 0 Å². The van der Waals surface area contributed by atoms with Gasteiger partial charge in [0.15, 0.2) is 0 Å². The highest BCUT2D eigenvalue weighted by Crippen LogP contribution is 2.15. The average Bonchev–Trinajstić information content (AvgIpc) is 2.43. The molecule has 1 aromatic rings. The molecule has 0 saturated heterocycles. The van der Waals surface area contributed by atoms with Crippen LogP contribution in [0.2, 0.25) is 0 Å². The van der Waals surface area contributed by atoms with Crippen LogP contribution in [0.4, 0.5) is 4.39 Å². The highest BCUT2D eigenvalue weighted by Gasteiger charge is 2.21. The molecule has 1 N–H and O–H groups in total. The molecule has 6 nitrogen and oxygen atoms in total. The van der Waals surface area contributed by atoms with Crippen LogP contribution in [0.3, 0.4) is 0 Å². The van der Waals surface area contributed by atoms with E-state index in [1.165, 1.54) is 32.4 Å². The molecule has 0 aliphatic rings. The van der Waals surface area contributed by atoms with Crippen molar-refractivity contribution in [2.45, 2.75) is 19.4 Å². The third kappa shape index (κ3) is 5.41. The Kier molecular flexibility index (Phi) is 6.25. The van der Waals surface area contributed by atoms with E-state index in [2.05, 4.69) is 9.46 Å². The van der Waals surface area contributed by atoms with Gasteiger partial charge in [-0.3, -0.25) is 4.79 Å². The number of esters is 1. The number of rotatable bonds is 7. The zero-order valence-electron chi connectivity index (χ0n) is 12.2. The minimum atomic E-state index is -3.77. The maximum absolute atomic E-state index is 13.1. The number of carbonyl (C=O) groups is 1. The van der Waals surface area contributed by atoms with Crippen molar-refractivity contribution in [2.75, 3.05) is 20.7 Å². The SMILES string of the molecule is COC(=O)CCN(C)S(=O)(=O)N[C@@H](C)c1cccc(F)c1. The van der Waals surface area contributed by atoms with Crippen LogP contribution in [0.15, 0.2) is 24.3 Å². The van der Waals surface area contributed by atoms with Crippen molar-refractivity contribution in [2.24, 2.45) is 0 Å². The van der Waals surface area contributed by atoms with Crippen molar-refractivity contribution >= 4 is 16.2 Å². The molecule has 8 heteroatoms. The lowest BCUT2D eigenvalue weighted by atomic mass is 10.1. The van der Waals surface area contributed by atoms with Crippen LogP contribution < -0.4 is 4.72 Å². The molecule has 0 aromatic heterocycles. The minimum absolute atomic E-state index is 0.00211. The van der Waals surface area contributed by atoms with E-state index >= 15 is 0 Å². The first-order valence-corrected chi connectivity index (χ1v) is 7.76. The van der Waals surface area contributed by atoms with E-state index in [1.54, 1.807) is 13.0 Å². The van der Waals surface area contributed by atoms with E-state index in [1.807, 2.05) is 0 Å². The van der Waals surface area contributed by atoms with E-state index in [-0.39, 0.29) is 13.0 Å². The summed E-state index contributed by atoms with van der Waals surface area (Å²) >= 11 is 0. The number of ether oxygens (including phenoxy) is 1. The zero-order chi connectivity index (χ0) is 16.0. The van der Waals surface area contributed by atoms with E-state index in [0.29, 0.717) is 5.56 Å². The van der Waals surface area contributed by atoms with E-state index in [0.717, 1.165) is 4.31 Å². The van der Waals surface area contributed by atoms with Crippen molar-refractivity contribution < 1.29 is 22.3 Å². The summed E-state index contributed by atoms with van der Waals surface area (Å²) in [4.78, 5) is 11.0. The molecule has 0 bridgehead atoms. The standard InChI is InChI=1S/C13H19FN2O4S/c1-10(11-5-4-6-12(14)9-11)15-21(18,19)16(2)8-7-13(17)20-3/h4-6,9-10,15H,7-8H2,1-3H3/t10-/m0/s1. The monoisotopic (exact) mass is 318 g/mol. The molecule has 1 aromatic carbocycles. The summed E-state index contributed by atoms with van der Waals surface area (Å²) in [5, 5.41) is 0. The fraction of sp³-hybridized carbons (Fsp3) is 0.462. The van der Waals surface area contributed by atoms with Crippen molar-refractivity contribution in [3.05, 3.63) is 35.6 Å². The maximum atomic E-state index is 13.1. The van der Waals surface area contributed by atoms with Gasteiger partial charge in [-0.25, -0.2) is 4.39 Å². The minimum Gasteiger partial charge on any atom is -0.469 e. The van der Waals surface area contributed by atoms with Gasteiger partial charge in [0.25, 0.3) is 10.2 Å². The largest absolute Gasteiger partial charge is 0.469 e. The second kappa shape index (κ2) is 7.48. The number of nitrogens with one attached hydrogen (secondary N) is 1. The lowest BCUT2D eigenvalue weighted by Gasteiger charge is -2.21. The summed E-state index contributed by atoms with van der Waals surface area (Å²) < 4.78 is 45.2. The molecule has 21 heavy (non-hydrogen) atoms. The van der Waals surface area contributed by atoms with Gasteiger partial charge in [0, 0.05) is 19.6 Å². The number of benzene rings is 1. The highest BCUT2D eigenvalue weighted by molar-refractivity contribution is 7.87. The van der Waals surface area contributed by atoms with Crippen LogP contribution in [0.5, 0.6) is 0 Å². The Morgan fingerprint density at radius 1 is 1.48 bits per heavy atom. The Balaban J connectivity index is 2.68. The number of hydrogen-bond donors (Lipinski definition) is 1. The summed E-state index contributed by atoms with van der Waals surface area (Å²) in [7, 11) is -1.18. The van der Waals surface area contributed by atoms with E-state index in [4.69, 9.17) is 0 Å². The number of methoxy groups -OCH3 is 1. The summed E-state index contributed by atoms with van der Waals surface area (Å²) in [6, 6.07) is 5.10. The quantitative estimate of drug-likeness (QED) is 0.767. The van der Waals surface area contributed by atoms with Gasteiger partial charge in [0.1, 0.15) is 5.82 Å². The molecule has 0 unspecified atom stereocenters. The summed E-state index contributed by atoms with van der Waals surface area (Å²) in [5.74, 6) is -0.923. The fourth-order valence-corrected chi connectivity index (χ4v) is 2.72.